The first-order chi connectivity index (χ1) is 9.02. The lowest BCUT2D eigenvalue weighted by molar-refractivity contribution is -0.136. The number of nitrogens with one attached hydrogen (secondary N) is 1. The van der Waals surface area contributed by atoms with E-state index in [1.165, 1.54) is 22.9 Å². The lowest BCUT2D eigenvalue weighted by Crippen LogP contribution is -2.19. The van der Waals surface area contributed by atoms with Crippen molar-refractivity contribution in [2.75, 3.05) is 0 Å². The minimum Gasteiger partial charge on any atom is -0.481 e. The summed E-state index contributed by atoms with van der Waals surface area (Å²) in [6.45, 7) is 1.81. The van der Waals surface area contributed by atoms with Gasteiger partial charge in [0.1, 0.15) is 5.82 Å². The average Bonchev–Trinajstić information content (AvgIpc) is 2.66. The van der Waals surface area contributed by atoms with Gasteiger partial charge in [-0.05, 0) is 24.6 Å². The number of aryl methyl sites for hydroxylation is 1. The fourth-order valence-electron chi connectivity index (χ4n) is 1.94. The van der Waals surface area contributed by atoms with Crippen molar-refractivity contribution < 1.29 is 14.3 Å². The maximum absolute atomic E-state index is 13.2. The maximum Gasteiger partial charge on any atom is 0.308 e. The topological polar surface area (TPSA) is 75.1 Å². The summed E-state index contributed by atoms with van der Waals surface area (Å²) in [5.74, 6) is -1.53. The van der Waals surface area contributed by atoms with Gasteiger partial charge in [0.05, 0.1) is 17.7 Å². The van der Waals surface area contributed by atoms with Crippen molar-refractivity contribution in [3.8, 4) is 5.69 Å². The van der Waals surface area contributed by atoms with E-state index in [1.54, 1.807) is 6.07 Å². The molecule has 1 heterocycles. The van der Waals surface area contributed by atoms with Crippen LogP contribution in [0.4, 0.5) is 4.39 Å². The first-order valence-electron chi connectivity index (χ1n) is 5.83. The second-order valence-corrected chi connectivity index (χ2v) is 4.11. The van der Waals surface area contributed by atoms with E-state index < -0.39 is 17.3 Å². The molecule has 6 heteroatoms. The first kappa shape index (κ1) is 13.1. The van der Waals surface area contributed by atoms with E-state index in [-0.39, 0.29) is 12.0 Å². The van der Waals surface area contributed by atoms with Gasteiger partial charge in [0, 0.05) is 5.69 Å². The minimum atomic E-state index is -1.07. The molecule has 2 aromatic rings. The zero-order valence-corrected chi connectivity index (χ0v) is 10.3. The van der Waals surface area contributed by atoms with E-state index in [9.17, 15) is 14.0 Å². The predicted molar refractivity (Wildman–Crippen MR) is 67.1 cm³/mol. The van der Waals surface area contributed by atoms with Gasteiger partial charge in [-0.2, -0.15) is 0 Å². The molecule has 0 unspecified atom stereocenters. The number of hydrogen-bond donors (Lipinski definition) is 2. The van der Waals surface area contributed by atoms with E-state index in [2.05, 4.69) is 5.10 Å². The number of H-pyrrole nitrogens is 1. The lowest BCUT2D eigenvalue weighted by Gasteiger charge is -2.01. The minimum absolute atomic E-state index is 0.208. The van der Waals surface area contributed by atoms with Gasteiger partial charge in [0.15, 0.2) is 0 Å². The Morgan fingerprint density at radius 3 is 2.79 bits per heavy atom. The normalized spacial score (nSPS) is 10.6. The van der Waals surface area contributed by atoms with Gasteiger partial charge < -0.3 is 5.11 Å². The summed E-state index contributed by atoms with van der Waals surface area (Å²) in [7, 11) is 0. The largest absolute Gasteiger partial charge is 0.481 e. The number of nitrogens with zero attached hydrogens (tertiary/aromatic N) is 1. The third-order valence-electron chi connectivity index (χ3n) is 2.82. The number of carbonyl (C=O) groups is 1. The number of aromatic nitrogens is 2. The Bertz CT molecular complexity index is 673. The van der Waals surface area contributed by atoms with Crippen LogP contribution in [-0.2, 0) is 17.6 Å². The van der Waals surface area contributed by atoms with Crippen molar-refractivity contribution in [2.24, 2.45) is 0 Å². The number of aromatic amines is 1. The maximum atomic E-state index is 13.2. The highest BCUT2D eigenvalue weighted by Gasteiger charge is 2.16. The Morgan fingerprint density at radius 2 is 2.21 bits per heavy atom. The quantitative estimate of drug-likeness (QED) is 0.878. The SMILES string of the molecule is CCc1[nH]n(-c2cccc(F)c2)c(=O)c1CC(=O)O. The predicted octanol–water partition coefficient (Wildman–Crippen LogP) is 1.49. The van der Waals surface area contributed by atoms with Gasteiger partial charge in [-0.1, -0.05) is 13.0 Å². The molecule has 0 saturated heterocycles. The summed E-state index contributed by atoms with van der Waals surface area (Å²) in [5.41, 5.74) is 0.650. The van der Waals surface area contributed by atoms with Gasteiger partial charge in [-0.15, -0.1) is 0 Å². The first-order valence-corrected chi connectivity index (χ1v) is 5.83. The van der Waals surface area contributed by atoms with Crippen molar-refractivity contribution in [1.29, 1.82) is 0 Å². The van der Waals surface area contributed by atoms with Gasteiger partial charge in [-0.3, -0.25) is 14.7 Å². The fraction of sp³-hybridized carbons (Fsp3) is 0.231. The molecule has 0 aliphatic heterocycles. The van der Waals surface area contributed by atoms with Crippen molar-refractivity contribution in [2.45, 2.75) is 19.8 Å². The van der Waals surface area contributed by atoms with E-state index in [0.717, 1.165) is 0 Å². The Balaban J connectivity index is 2.57. The van der Waals surface area contributed by atoms with E-state index in [1.807, 2.05) is 6.92 Å². The summed E-state index contributed by atoms with van der Waals surface area (Å²) in [4.78, 5) is 22.9. The smallest absolute Gasteiger partial charge is 0.308 e. The van der Waals surface area contributed by atoms with Gasteiger partial charge in [0.25, 0.3) is 5.56 Å². The summed E-state index contributed by atoms with van der Waals surface area (Å²) < 4.78 is 14.3. The molecular weight excluding hydrogens is 251 g/mol. The summed E-state index contributed by atoms with van der Waals surface area (Å²) in [6, 6.07) is 5.55. The molecule has 5 nitrogen and oxygen atoms in total. The van der Waals surface area contributed by atoms with Gasteiger partial charge in [-0.25, -0.2) is 9.07 Å². The lowest BCUT2D eigenvalue weighted by atomic mass is 10.1. The highest BCUT2D eigenvalue weighted by atomic mass is 19.1. The van der Waals surface area contributed by atoms with Crippen molar-refractivity contribution >= 4 is 5.97 Å². The Morgan fingerprint density at radius 1 is 1.47 bits per heavy atom. The van der Waals surface area contributed by atoms with Gasteiger partial charge >= 0.3 is 5.97 Å². The zero-order chi connectivity index (χ0) is 14.0. The Kier molecular flexibility index (Phi) is 3.50. The standard InChI is InChI=1S/C13H13FN2O3/c1-2-11-10(7-12(17)18)13(19)16(15-11)9-5-3-4-8(14)6-9/h3-6,15H,2,7H2,1H3,(H,17,18). The number of carboxylic acid groups (broad SMARTS) is 1. The molecule has 0 aliphatic rings. The van der Waals surface area contributed by atoms with Crippen LogP contribution in [0.3, 0.4) is 0 Å². The van der Waals surface area contributed by atoms with Crippen LogP contribution in [-0.4, -0.2) is 20.9 Å². The fourth-order valence-corrected chi connectivity index (χ4v) is 1.94. The molecule has 0 spiro atoms. The van der Waals surface area contributed by atoms with Crippen LogP contribution in [0.5, 0.6) is 0 Å². The average molecular weight is 264 g/mol. The second kappa shape index (κ2) is 5.09. The molecule has 2 N–H and O–H groups in total. The van der Waals surface area contributed by atoms with Gasteiger partial charge in [0.2, 0.25) is 0 Å². The molecule has 0 fully saturated rings. The van der Waals surface area contributed by atoms with Crippen molar-refractivity contribution in [3.63, 3.8) is 0 Å². The third kappa shape index (κ3) is 2.57. The molecule has 1 aromatic carbocycles. The highest BCUT2D eigenvalue weighted by molar-refractivity contribution is 5.70. The molecule has 1 aromatic heterocycles. The molecule has 0 amide bonds. The van der Waals surface area contributed by atoms with Crippen molar-refractivity contribution in [3.05, 3.63) is 51.7 Å². The summed E-state index contributed by atoms with van der Waals surface area (Å²) >= 11 is 0. The Labute approximate surface area is 108 Å². The molecule has 0 radical (unpaired) electrons. The van der Waals surface area contributed by atoms with Crippen LogP contribution in [0.15, 0.2) is 29.1 Å². The highest BCUT2D eigenvalue weighted by Crippen LogP contribution is 2.10. The molecule has 0 bridgehead atoms. The third-order valence-corrected chi connectivity index (χ3v) is 2.82. The second-order valence-electron chi connectivity index (χ2n) is 4.11. The monoisotopic (exact) mass is 264 g/mol. The number of hydrogen-bond acceptors (Lipinski definition) is 2. The molecule has 100 valence electrons. The van der Waals surface area contributed by atoms with Crippen LogP contribution >= 0.6 is 0 Å². The molecule has 0 atom stereocenters. The number of halogens is 1. The summed E-state index contributed by atoms with van der Waals surface area (Å²) in [6.07, 6.45) is 0.154. The number of rotatable bonds is 4. The van der Waals surface area contributed by atoms with Crippen molar-refractivity contribution in [1.82, 2.24) is 9.78 Å². The zero-order valence-electron chi connectivity index (χ0n) is 10.3. The van der Waals surface area contributed by atoms with Crippen LogP contribution in [0.25, 0.3) is 5.69 Å². The number of carboxylic acids is 1. The van der Waals surface area contributed by atoms with E-state index in [0.29, 0.717) is 17.8 Å². The molecule has 2 rings (SSSR count). The van der Waals surface area contributed by atoms with E-state index in [4.69, 9.17) is 5.11 Å². The van der Waals surface area contributed by atoms with Crippen LogP contribution < -0.4 is 5.56 Å². The van der Waals surface area contributed by atoms with Crippen LogP contribution in [0.2, 0.25) is 0 Å². The van der Waals surface area contributed by atoms with Crippen LogP contribution in [0, 0.1) is 5.82 Å². The number of aliphatic carboxylic acids is 1. The molecule has 19 heavy (non-hydrogen) atoms. The summed E-state index contributed by atoms with van der Waals surface area (Å²) in [5, 5.41) is 11.6. The molecule has 0 saturated carbocycles. The van der Waals surface area contributed by atoms with Crippen LogP contribution in [0.1, 0.15) is 18.2 Å². The van der Waals surface area contributed by atoms with E-state index >= 15 is 0 Å². The Hall–Kier alpha value is -2.37. The molecule has 0 aliphatic carbocycles. The molecular formula is C13H13FN2O3. The number of benzene rings is 1.